The van der Waals surface area contributed by atoms with Crippen molar-refractivity contribution in [2.75, 3.05) is 0 Å². The molecule has 0 radical (unpaired) electrons. The van der Waals surface area contributed by atoms with Crippen LogP contribution in [0.3, 0.4) is 0 Å². The van der Waals surface area contributed by atoms with Crippen LogP contribution in [0.15, 0.2) is 231 Å². The van der Waals surface area contributed by atoms with Gasteiger partial charge in [-0.2, -0.15) is 0 Å². The average molecular weight is 1070 g/mol. The predicted octanol–water partition coefficient (Wildman–Crippen LogP) is 14.1. The van der Waals surface area contributed by atoms with Gasteiger partial charge in [-0.15, -0.1) is 35.4 Å². The Morgan fingerprint density at radius 3 is 0.773 bits per heavy atom. The minimum absolute atomic E-state index is 0. The number of rotatable bonds is 7. The molecule has 330 valence electrons. The van der Waals surface area contributed by atoms with Gasteiger partial charge in [-0.3, -0.25) is 11.8 Å². The van der Waals surface area contributed by atoms with Gasteiger partial charge in [0.1, 0.15) is 10.3 Å². The van der Waals surface area contributed by atoms with Gasteiger partial charge < -0.3 is 12.8 Å². The van der Waals surface area contributed by atoms with E-state index in [1.165, 1.54) is 53.5 Å². The quantitative estimate of drug-likeness (QED) is 0.0491. The molecule has 0 aliphatic heterocycles. The Balaban J connectivity index is 0.000000177. The molecule has 0 heterocycles. The summed E-state index contributed by atoms with van der Waals surface area (Å²) in [4.78, 5) is 0. The van der Waals surface area contributed by atoms with E-state index in [-0.39, 0.29) is 55.1 Å². The van der Waals surface area contributed by atoms with E-state index in [9.17, 15) is 0 Å². The van der Waals surface area contributed by atoms with Crippen LogP contribution in [0.1, 0.15) is 38.8 Å². The van der Waals surface area contributed by atoms with Crippen molar-refractivity contribution in [3.63, 3.8) is 0 Å². The SMILES string of the molecule is CC(C)([PH+](c1ccccc1)c1ccccc1)C(C)(C)[PH+](c1ccccc1)c1ccccc1.[Ag+].[Ag+].[C-]#Cc1ccc2cc3ccccc3cc2c1.[C-]#Cc1ccc2cc3ccccc3cc2c1. The van der Waals surface area contributed by atoms with Gasteiger partial charge >= 0.3 is 44.8 Å². The zero-order chi connectivity index (χ0) is 44.5. The molecule has 0 fully saturated rings. The summed E-state index contributed by atoms with van der Waals surface area (Å²) in [6.07, 6.45) is 14.3. The van der Waals surface area contributed by atoms with Crippen molar-refractivity contribution in [3.8, 4) is 11.8 Å². The van der Waals surface area contributed by atoms with E-state index in [1.807, 2.05) is 60.7 Å². The van der Waals surface area contributed by atoms with Gasteiger partial charge in [0.2, 0.25) is 0 Å². The van der Waals surface area contributed by atoms with E-state index >= 15 is 0 Å². The van der Waals surface area contributed by atoms with Crippen LogP contribution in [0.4, 0.5) is 0 Å². The van der Waals surface area contributed by atoms with Gasteiger partial charge in [-0.25, -0.2) is 0 Å². The summed E-state index contributed by atoms with van der Waals surface area (Å²) in [6, 6.07) is 82.1. The van der Waals surface area contributed by atoms with Crippen molar-refractivity contribution in [2.24, 2.45) is 0 Å². The van der Waals surface area contributed by atoms with Gasteiger partial charge in [-0.1, -0.05) is 133 Å². The normalized spacial score (nSPS) is 11.0. The molecule has 10 rings (SSSR count). The van der Waals surface area contributed by atoms with E-state index < -0.39 is 15.8 Å². The van der Waals surface area contributed by atoms with Crippen molar-refractivity contribution >= 4 is 80.2 Å². The van der Waals surface area contributed by atoms with Gasteiger partial charge in [0.15, 0.2) is 0 Å². The van der Waals surface area contributed by atoms with Crippen molar-refractivity contribution in [1.82, 2.24) is 0 Å². The molecular formula is C62H52Ag2P2+2. The summed E-state index contributed by atoms with van der Waals surface area (Å²) >= 11 is 0. The van der Waals surface area contributed by atoms with E-state index in [0.29, 0.717) is 0 Å². The summed E-state index contributed by atoms with van der Waals surface area (Å²) < 4.78 is 0. The molecule has 10 aromatic rings. The molecule has 0 aliphatic carbocycles. The van der Waals surface area contributed by atoms with E-state index in [0.717, 1.165) is 21.9 Å². The molecule has 4 heteroatoms. The fraction of sp³-hybridized carbons (Fsp3) is 0.0968. The average Bonchev–Trinajstić information content (AvgIpc) is 3.34. The number of hydrogen-bond acceptors (Lipinski definition) is 0. The minimum atomic E-state index is -1.07. The monoisotopic (exact) mass is 1070 g/mol. The Morgan fingerprint density at radius 1 is 0.288 bits per heavy atom. The van der Waals surface area contributed by atoms with Crippen LogP contribution in [0.25, 0.3) is 43.1 Å². The van der Waals surface area contributed by atoms with E-state index in [1.54, 1.807) is 0 Å². The molecule has 0 aliphatic rings. The molecule has 0 nitrogen and oxygen atoms in total. The van der Waals surface area contributed by atoms with Gasteiger partial charge in [0.25, 0.3) is 0 Å². The van der Waals surface area contributed by atoms with Crippen molar-refractivity contribution < 1.29 is 44.8 Å². The number of fused-ring (bicyclic) bond motifs is 4. The summed E-state index contributed by atoms with van der Waals surface area (Å²) in [7, 11) is -2.13. The standard InChI is InChI=1S/C30H32P2.2C16H9.2Ag/c1-29(2,31(25-17-9-5-10-18-25)26-19-11-6-12-20-26)30(3,4)32(27-21-13-7-14-22-27)28-23-15-8-16-24-28;2*1-2-12-7-8-15-10-13-5-3-4-6-14(13)11-16(15)9-12;;/h5-24H,1-4H3;2*3-11H;;/q;2*-1;2*+1/p+2. The summed E-state index contributed by atoms with van der Waals surface area (Å²) in [6.45, 7) is 10.1. The first-order valence-corrected chi connectivity index (χ1v) is 24.8. The molecule has 0 spiro atoms. The first-order valence-electron chi connectivity index (χ1n) is 21.8. The number of hydrogen-bond donors (Lipinski definition) is 0. The van der Waals surface area contributed by atoms with Crippen LogP contribution in [0, 0.1) is 24.7 Å². The molecule has 0 unspecified atom stereocenters. The summed E-state index contributed by atoms with van der Waals surface area (Å²) in [5.74, 6) is 4.83. The van der Waals surface area contributed by atoms with Crippen LogP contribution >= 0.6 is 15.8 Å². The smallest absolute Gasteiger partial charge is 0.366 e. The zero-order valence-electron chi connectivity index (χ0n) is 37.5. The van der Waals surface area contributed by atoms with Gasteiger partial charge in [-0.05, 0) is 144 Å². The van der Waals surface area contributed by atoms with Crippen LogP contribution in [-0.4, -0.2) is 10.3 Å². The molecule has 0 aromatic heterocycles. The van der Waals surface area contributed by atoms with Gasteiger partial charge in [0.05, 0.1) is 37.1 Å². The zero-order valence-corrected chi connectivity index (χ0v) is 42.5. The summed E-state index contributed by atoms with van der Waals surface area (Å²) in [5, 5.41) is 15.9. The second kappa shape index (κ2) is 22.9. The maximum Gasteiger partial charge on any atom is 1.00 e. The summed E-state index contributed by atoms with van der Waals surface area (Å²) in [5.41, 5.74) is 1.64. The minimum Gasteiger partial charge on any atom is -0.366 e. The van der Waals surface area contributed by atoms with E-state index in [2.05, 4.69) is 209 Å². The first kappa shape index (κ1) is 50.1. The Kier molecular flexibility index (Phi) is 17.4. The molecule has 10 aromatic carbocycles. The van der Waals surface area contributed by atoms with E-state index in [4.69, 9.17) is 12.8 Å². The predicted molar refractivity (Wildman–Crippen MR) is 284 cm³/mol. The van der Waals surface area contributed by atoms with Crippen LogP contribution in [0.2, 0.25) is 0 Å². The molecule has 0 N–H and O–H groups in total. The molecule has 0 atom stereocenters. The van der Waals surface area contributed by atoms with Crippen molar-refractivity contribution in [2.45, 2.75) is 38.0 Å². The Morgan fingerprint density at radius 2 is 0.515 bits per heavy atom. The third kappa shape index (κ3) is 11.3. The van der Waals surface area contributed by atoms with Crippen LogP contribution < -0.4 is 21.2 Å². The Hall–Kier alpha value is -5.30. The van der Waals surface area contributed by atoms with Crippen molar-refractivity contribution in [1.29, 1.82) is 0 Å². The number of benzene rings is 10. The molecule has 66 heavy (non-hydrogen) atoms. The molecule has 0 saturated carbocycles. The second-order valence-corrected chi connectivity index (χ2v) is 23.5. The van der Waals surface area contributed by atoms with Crippen molar-refractivity contribution in [3.05, 3.63) is 254 Å². The second-order valence-electron chi connectivity index (χ2n) is 17.2. The largest absolute Gasteiger partial charge is 1.00 e. The fourth-order valence-electron chi connectivity index (χ4n) is 8.86. The molecule has 0 saturated heterocycles. The molecule has 0 bridgehead atoms. The van der Waals surface area contributed by atoms with Gasteiger partial charge in [0, 0.05) is 0 Å². The first-order chi connectivity index (χ1) is 31.2. The van der Waals surface area contributed by atoms with Crippen LogP contribution in [-0.2, 0) is 44.8 Å². The fourth-order valence-corrected chi connectivity index (χ4v) is 16.5. The maximum absolute atomic E-state index is 7.13. The third-order valence-corrected chi connectivity index (χ3v) is 20.4. The topological polar surface area (TPSA) is 0 Å². The Bertz CT molecular complexity index is 2940. The molecular weight excluding hydrogens is 1020 g/mol. The molecule has 0 amide bonds. The van der Waals surface area contributed by atoms with Crippen LogP contribution in [0.5, 0.6) is 0 Å². The third-order valence-electron chi connectivity index (χ3n) is 12.8. The Labute approximate surface area is 425 Å². The maximum atomic E-state index is 7.13.